The van der Waals surface area contributed by atoms with Gasteiger partial charge in [-0.15, -0.1) is 0 Å². The number of anilines is 2. The van der Waals surface area contributed by atoms with Gasteiger partial charge < -0.3 is 14.8 Å². The first kappa shape index (κ1) is 15.7. The Kier molecular flexibility index (Phi) is 4.03. The molecule has 2 aromatic carbocycles. The van der Waals surface area contributed by atoms with Crippen LogP contribution >= 0.6 is 0 Å². The van der Waals surface area contributed by atoms with Crippen molar-refractivity contribution in [3.8, 4) is 11.5 Å². The molecule has 0 aliphatic heterocycles. The number of aromatic nitrogens is 2. The van der Waals surface area contributed by atoms with Gasteiger partial charge in [-0.2, -0.15) is 0 Å². The smallest absolute Gasteiger partial charge is 0.260 e. The maximum atomic E-state index is 13.2. The second-order valence-electron chi connectivity index (χ2n) is 4.92. The van der Waals surface area contributed by atoms with E-state index in [1.165, 1.54) is 20.3 Å². The SMILES string of the molecule is COc1cc2nc(Nc3cc(F)cc(F)c3)[nH]c(=O)c2cc1OC. The van der Waals surface area contributed by atoms with Crippen LogP contribution in [-0.4, -0.2) is 24.2 Å². The average Bonchev–Trinajstić information content (AvgIpc) is 2.52. The van der Waals surface area contributed by atoms with E-state index in [9.17, 15) is 13.6 Å². The summed E-state index contributed by atoms with van der Waals surface area (Å²) >= 11 is 0. The van der Waals surface area contributed by atoms with Crippen molar-refractivity contribution in [1.29, 1.82) is 0 Å². The molecular weight excluding hydrogens is 320 g/mol. The highest BCUT2D eigenvalue weighted by atomic mass is 19.1. The van der Waals surface area contributed by atoms with Crippen molar-refractivity contribution >= 4 is 22.5 Å². The number of benzene rings is 2. The number of nitrogens with one attached hydrogen (secondary N) is 2. The lowest BCUT2D eigenvalue weighted by molar-refractivity contribution is 0.355. The number of rotatable bonds is 4. The first-order valence-electron chi connectivity index (χ1n) is 6.89. The summed E-state index contributed by atoms with van der Waals surface area (Å²) in [5.74, 6) is -0.639. The molecule has 2 N–H and O–H groups in total. The summed E-state index contributed by atoms with van der Waals surface area (Å²) in [6, 6.07) is 5.97. The second kappa shape index (κ2) is 6.15. The van der Waals surface area contributed by atoms with E-state index >= 15 is 0 Å². The van der Waals surface area contributed by atoms with Gasteiger partial charge in [-0.25, -0.2) is 13.8 Å². The van der Waals surface area contributed by atoms with Gasteiger partial charge in [-0.3, -0.25) is 9.78 Å². The van der Waals surface area contributed by atoms with E-state index in [4.69, 9.17) is 9.47 Å². The predicted molar refractivity (Wildman–Crippen MR) is 85.1 cm³/mol. The van der Waals surface area contributed by atoms with Gasteiger partial charge in [-0.05, 0) is 18.2 Å². The summed E-state index contributed by atoms with van der Waals surface area (Å²) < 4.78 is 36.8. The Balaban J connectivity index is 2.08. The molecular formula is C16H13F2N3O3. The molecule has 0 atom stereocenters. The Bertz CT molecular complexity index is 952. The third-order valence-electron chi connectivity index (χ3n) is 3.34. The lowest BCUT2D eigenvalue weighted by Gasteiger charge is -2.10. The third-order valence-corrected chi connectivity index (χ3v) is 3.34. The fraction of sp³-hybridized carbons (Fsp3) is 0.125. The number of nitrogens with zero attached hydrogens (tertiary/aromatic N) is 1. The van der Waals surface area contributed by atoms with Crippen molar-refractivity contribution in [2.45, 2.75) is 0 Å². The molecule has 124 valence electrons. The van der Waals surface area contributed by atoms with Crippen molar-refractivity contribution in [1.82, 2.24) is 9.97 Å². The summed E-state index contributed by atoms with van der Waals surface area (Å²) in [5, 5.41) is 2.96. The van der Waals surface area contributed by atoms with Gasteiger partial charge in [-0.1, -0.05) is 0 Å². The van der Waals surface area contributed by atoms with Crippen molar-refractivity contribution in [3.05, 3.63) is 52.3 Å². The zero-order valence-electron chi connectivity index (χ0n) is 12.8. The molecule has 3 rings (SSSR count). The Morgan fingerprint density at radius 1 is 1.00 bits per heavy atom. The number of halogens is 2. The van der Waals surface area contributed by atoms with E-state index < -0.39 is 17.2 Å². The predicted octanol–water partition coefficient (Wildman–Crippen LogP) is 2.96. The lowest BCUT2D eigenvalue weighted by atomic mass is 10.2. The highest BCUT2D eigenvalue weighted by Gasteiger charge is 2.11. The molecule has 6 nitrogen and oxygen atoms in total. The lowest BCUT2D eigenvalue weighted by Crippen LogP contribution is -2.11. The van der Waals surface area contributed by atoms with Crippen LogP contribution in [0, 0.1) is 11.6 Å². The monoisotopic (exact) mass is 333 g/mol. The van der Waals surface area contributed by atoms with Gasteiger partial charge in [0.2, 0.25) is 5.95 Å². The van der Waals surface area contributed by atoms with Crippen molar-refractivity contribution in [2.24, 2.45) is 0 Å². The number of methoxy groups -OCH3 is 2. The molecule has 0 radical (unpaired) electrons. The van der Waals surface area contributed by atoms with Crippen LogP contribution in [-0.2, 0) is 0 Å². The van der Waals surface area contributed by atoms with Crippen LogP contribution in [0.5, 0.6) is 11.5 Å². The topological polar surface area (TPSA) is 76.2 Å². The molecule has 0 saturated heterocycles. The number of H-pyrrole nitrogens is 1. The van der Waals surface area contributed by atoms with Gasteiger partial charge in [0, 0.05) is 17.8 Å². The molecule has 0 aliphatic carbocycles. The molecule has 0 spiro atoms. The van der Waals surface area contributed by atoms with E-state index in [1.807, 2.05) is 0 Å². The number of ether oxygens (including phenoxy) is 2. The maximum Gasteiger partial charge on any atom is 0.260 e. The molecule has 0 saturated carbocycles. The highest BCUT2D eigenvalue weighted by Crippen LogP contribution is 2.30. The molecule has 0 aliphatic rings. The summed E-state index contributed by atoms with van der Waals surface area (Å²) in [5.41, 5.74) is 0.0339. The highest BCUT2D eigenvalue weighted by molar-refractivity contribution is 5.83. The summed E-state index contributed by atoms with van der Waals surface area (Å²) in [7, 11) is 2.92. The molecule has 0 unspecified atom stereocenters. The van der Waals surface area contributed by atoms with Crippen LogP contribution in [0.1, 0.15) is 0 Å². The molecule has 24 heavy (non-hydrogen) atoms. The number of aromatic amines is 1. The molecule has 0 bridgehead atoms. The molecule has 1 heterocycles. The first-order chi connectivity index (χ1) is 11.5. The molecule has 0 amide bonds. The van der Waals surface area contributed by atoms with Crippen molar-refractivity contribution in [3.63, 3.8) is 0 Å². The maximum absolute atomic E-state index is 13.2. The molecule has 8 heteroatoms. The largest absolute Gasteiger partial charge is 0.493 e. The Morgan fingerprint density at radius 3 is 2.25 bits per heavy atom. The van der Waals surface area contributed by atoms with Crippen LogP contribution in [0.3, 0.4) is 0 Å². The fourth-order valence-corrected chi connectivity index (χ4v) is 2.29. The number of hydrogen-bond donors (Lipinski definition) is 2. The zero-order valence-corrected chi connectivity index (χ0v) is 12.8. The van der Waals surface area contributed by atoms with Crippen LogP contribution in [0.2, 0.25) is 0 Å². The van der Waals surface area contributed by atoms with E-state index in [2.05, 4.69) is 15.3 Å². The Morgan fingerprint density at radius 2 is 1.62 bits per heavy atom. The minimum absolute atomic E-state index is 0.0460. The first-order valence-corrected chi connectivity index (χ1v) is 6.89. The normalized spacial score (nSPS) is 10.7. The van der Waals surface area contributed by atoms with Crippen LogP contribution in [0.25, 0.3) is 10.9 Å². The summed E-state index contributed by atoms with van der Waals surface area (Å²) in [6.07, 6.45) is 0. The van der Waals surface area contributed by atoms with Crippen molar-refractivity contribution in [2.75, 3.05) is 19.5 Å². The van der Waals surface area contributed by atoms with Crippen molar-refractivity contribution < 1.29 is 18.3 Å². The summed E-state index contributed by atoms with van der Waals surface area (Å²) in [4.78, 5) is 18.9. The fourth-order valence-electron chi connectivity index (χ4n) is 2.29. The Labute approximate surface area is 135 Å². The molecule has 3 aromatic rings. The standard InChI is InChI=1S/C16H13F2N3O3/c1-23-13-6-11-12(7-14(13)24-2)20-16(21-15(11)22)19-10-4-8(17)3-9(18)5-10/h3-7H,1-2H3,(H2,19,20,21,22). The van der Waals surface area contributed by atoms with E-state index in [1.54, 1.807) is 6.07 Å². The van der Waals surface area contributed by atoms with Crippen LogP contribution in [0.15, 0.2) is 35.1 Å². The Hall–Kier alpha value is -3.16. The number of hydrogen-bond acceptors (Lipinski definition) is 5. The van der Waals surface area contributed by atoms with Gasteiger partial charge >= 0.3 is 0 Å². The van der Waals surface area contributed by atoms with Gasteiger partial charge in [0.1, 0.15) is 11.6 Å². The molecule has 0 fully saturated rings. The third kappa shape index (κ3) is 2.98. The van der Waals surface area contributed by atoms with Gasteiger partial charge in [0.05, 0.1) is 25.1 Å². The van der Waals surface area contributed by atoms with E-state index in [0.29, 0.717) is 22.4 Å². The summed E-state index contributed by atoms with van der Waals surface area (Å²) in [6.45, 7) is 0. The average molecular weight is 333 g/mol. The zero-order chi connectivity index (χ0) is 17.3. The minimum atomic E-state index is -0.743. The minimum Gasteiger partial charge on any atom is -0.493 e. The van der Waals surface area contributed by atoms with Gasteiger partial charge in [0.15, 0.2) is 11.5 Å². The molecule has 1 aromatic heterocycles. The number of fused-ring (bicyclic) bond motifs is 1. The van der Waals surface area contributed by atoms with E-state index in [-0.39, 0.29) is 11.6 Å². The van der Waals surface area contributed by atoms with E-state index in [0.717, 1.165) is 18.2 Å². The van der Waals surface area contributed by atoms with Gasteiger partial charge in [0.25, 0.3) is 5.56 Å². The quantitative estimate of drug-likeness (QED) is 0.768. The van der Waals surface area contributed by atoms with Crippen LogP contribution in [0.4, 0.5) is 20.4 Å². The second-order valence-corrected chi connectivity index (χ2v) is 4.92. The van der Waals surface area contributed by atoms with Crippen LogP contribution < -0.4 is 20.3 Å².